The van der Waals surface area contributed by atoms with Gasteiger partial charge in [0.2, 0.25) is 0 Å². The molecule has 6 heteroatoms. The summed E-state index contributed by atoms with van der Waals surface area (Å²) in [6.45, 7) is 1.34. The summed E-state index contributed by atoms with van der Waals surface area (Å²) in [5.74, 6) is 0.784. The molecule has 0 atom stereocenters. The SMILES string of the molecule is Cn1cnc(CNCc2ccncn2)n1. The van der Waals surface area contributed by atoms with Gasteiger partial charge < -0.3 is 5.32 Å². The highest BCUT2D eigenvalue weighted by Crippen LogP contribution is 1.92. The Morgan fingerprint density at radius 3 is 2.93 bits per heavy atom. The quantitative estimate of drug-likeness (QED) is 0.753. The van der Waals surface area contributed by atoms with Crippen molar-refractivity contribution in [2.45, 2.75) is 13.1 Å². The molecule has 0 aliphatic carbocycles. The maximum absolute atomic E-state index is 4.15. The van der Waals surface area contributed by atoms with Gasteiger partial charge in [-0.1, -0.05) is 0 Å². The molecule has 0 aromatic carbocycles. The van der Waals surface area contributed by atoms with E-state index in [1.165, 1.54) is 6.33 Å². The van der Waals surface area contributed by atoms with Crippen LogP contribution < -0.4 is 5.32 Å². The Bertz CT molecular complexity index is 410. The number of aromatic nitrogens is 5. The van der Waals surface area contributed by atoms with Crippen LogP contribution >= 0.6 is 0 Å². The van der Waals surface area contributed by atoms with E-state index >= 15 is 0 Å². The van der Waals surface area contributed by atoms with Crippen LogP contribution in [0.2, 0.25) is 0 Å². The second-order valence-electron chi connectivity index (χ2n) is 3.14. The largest absolute Gasteiger partial charge is 0.304 e. The number of hydrogen-bond acceptors (Lipinski definition) is 5. The summed E-state index contributed by atoms with van der Waals surface area (Å²) in [6.07, 6.45) is 4.95. The fourth-order valence-electron chi connectivity index (χ4n) is 1.19. The van der Waals surface area contributed by atoms with Gasteiger partial charge >= 0.3 is 0 Å². The summed E-state index contributed by atoms with van der Waals surface area (Å²) < 4.78 is 1.68. The number of aryl methyl sites for hydroxylation is 1. The van der Waals surface area contributed by atoms with Gasteiger partial charge in [0.1, 0.15) is 12.7 Å². The van der Waals surface area contributed by atoms with E-state index in [2.05, 4.69) is 25.4 Å². The Morgan fingerprint density at radius 1 is 1.33 bits per heavy atom. The van der Waals surface area contributed by atoms with E-state index < -0.39 is 0 Å². The first-order valence-electron chi connectivity index (χ1n) is 4.65. The molecule has 0 bridgehead atoms. The molecule has 0 amide bonds. The highest BCUT2D eigenvalue weighted by molar-refractivity contribution is 4.97. The molecule has 0 saturated carbocycles. The summed E-state index contributed by atoms with van der Waals surface area (Å²) in [6, 6.07) is 1.87. The summed E-state index contributed by atoms with van der Waals surface area (Å²) in [5.41, 5.74) is 0.959. The highest BCUT2D eigenvalue weighted by Gasteiger charge is 1.98. The molecule has 0 radical (unpaired) electrons. The van der Waals surface area contributed by atoms with Gasteiger partial charge in [-0.25, -0.2) is 15.0 Å². The van der Waals surface area contributed by atoms with Crippen molar-refractivity contribution in [3.8, 4) is 0 Å². The van der Waals surface area contributed by atoms with Crippen LogP contribution in [0.25, 0.3) is 0 Å². The average Bonchev–Trinajstić information content (AvgIpc) is 2.66. The zero-order chi connectivity index (χ0) is 10.5. The molecule has 1 N–H and O–H groups in total. The van der Waals surface area contributed by atoms with Crippen LogP contribution in [-0.2, 0) is 20.1 Å². The van der Waals surface area contributed by atoms with Crippen LogP contribution in [0.1, 0.15) is 11.5 Å². The van der Waals surface area contributed by atoms with E-state index in [0.29, 0.717) is 13.1 Å². The zero-order valence-electron chi connectivity index (χ0n) is 8.46. The molecule has 0 fully saturated rings. The first-order chi connectivity index (χ1) is 7.34. The predicted octanol–water partition coefficient (Wildman–Crippen LogP) is -0.105. The predicted molar refractivity (Wildman–Crippen MR) is 53.6 cm³/mol. The monoisotopic (exact) mass is 204 g/mol. The topological polar surface area (TPSA) is 68.5 Å². The van der Waals surface area contributed by atoms with Crippen molar-refractivity contribution >= 4 is 0 Å². The van der Waals surface area contributed by atoms with Gasteiger partial charge in [0, 0.05) is 19.8 Å². The molecule has 2 aromatic rings. The van der Waals surface area contributed by atoms with Crippen LogP contribution in [0.3, 0.4) is 0 Å². The Hall–Kier alpha value is -1.82. The lowest BCUT2D eigenvalue weighted by Crippen LogP contribution is -2.14. The smallest absolute Gasteiger partial charge is 0.164 e. The fraction of sp³-hybridized carbons (Fsp3) is 0.333. The molecule has 2 rings (SSSR count). The average molecular weight is 204 g/mol. The van der Waals surface area contributed by atoms with Gasteiger partial charge in [-0.2, -0.15) is 5.10 Å². The van der Waals surface area contributed by atoms with E-state index in [4.69, 9.17) is 0 Å². The molecule has 78 valence electrons. The van der Waals surface area contributed by atoms with Crippen molar-refractivity contribution in [1.82, 2.24) is 30.0 Å². The number of nitrogens with one attached hydrogen (secondary N) is 1. The van der Waals surface area contributed by atoms with Crippen LogP contribution in [0.5, 0.6) is 0 Å². The van der Waals surface area contributed by atoms with Crippen LogP contribution in [0.15, 0.2) is 24.9 Å². The van der Waals surface area contributed by atoms with Crippen LogP contribution in [0, 0.1) is 0 Å². The van der Waals surface area contributed by atoms with Crippen molar-refractivity contribution in [2.24, 2.45) is 7.05 Å². The molecular weight excluding hydrogens is 192 g/mol. The van der Waals surface area contributed by atoms with Gasteiger partial charge in [-0.3, -0.25) is 4.68 Å². The molecular formula is C9H12N6. The van der Waals surface area contributed by atoms with E-state index in [1.807, 2.05) is 13.1 Å². The minimum atomic E-state index is 0.644. The molecule has 0 aliphatic heterocycles. The highest BCUT2D eigenvalue weighted by atomic mass is 15.3. The van der Waals surface area contributed by atoms with Crippen molar-refractivity contribution in [1.29, 1.82) is 0 Å². The van der Waals surface area contributed by atoms with E-state index in [-0.39, 0.29) is 0 Å². The standard InChI is InChI=1S/C9H12N6/c1-15-7-13-9(14-15)5-11-4-8-2-3-10-6-12-8/h2-3,6-7,11H,4-5H2,1H3. The van der Waals surface area contributed by atoms with Crippen molar-refractivity contribution in [3.05, 3.63) is 36.4 Å². The Kier molecular flexibility index (Phi) is 2.99. The first kappa shape index (κ1) is 9.72. The summed E-state index contributed by atoms with van der Waals surface area (Å²) in [5, 5.41) is 7.35. The summed E-state index contributed by atoms with van der Waals surface area (Å²) in [4.78, 5) is 12.0. The van der Waals surface area contributed by atoms with Crippen molar-refractivity contribution < 1.29 is 0 Å². The summed E-state index contributed by atoms with van der Waals surface area (Å²) >= 11 is 0. The van der Waals surface area contributed by atoms with E-state index in [0.717, 1.165) is 11.5 Å². The fourth-order valence-corrected chi connectivity index (χ4v) is 1.19. The lowest BCUT2D eigenvalue weighted by Gasteiger charge is -2.00. The van der Waals surface area contributed by atoms with E-state index in [1.54, 1.807) is 17.2 Å². The molecule has 2 heterocycles. The maximum Gasteiger partial charge on any atom is 0.164 e. The minimum absolute atomic E-state index is 0.644. The third-order valence-corrected chi connectivity index (χ3v) is 1.88. The van der Waals surface area contributed by atoms with Gasteiger partial charge in [-0.15, -0.1) is 0 Å². The number of hydrogen-bond donors (Lipinski definition) is 1. The molecule has 0 aliphatic rings. The van der Waals surface area contributed by atoms with E-state index in [9.17, 15) is 0 Å². The minimum Gasteiger partial charge on any atom is -0.304 e. The lowest BCUT2D eigenvalue weighted by molar-refractivity contribution is 0.639. The normalized spacial score (nSPS) is 10.5. The van der Waals surface area contributed by atoms with Gasteiger partial charge in [0.15, 0.2) is 5.82 Å². The second kappa shape index (κ2) is 4.61. The maximum atomic E-state index is 4.15. The van der Waals surface area contributed by atoms with Crippen LogP contribution in [-0.4, -0.2) is 24.7 Å². The number of rotatable bonds is 4. The molecule has 15 heavy (non-hydrogen) atoms. The number of nitrogens with zero attached hydrogens (tertiary/aromatic N) is 5. The van der Waals surface area contributed by atoms with Gasteiger partial charge in [-0.05, 0) is 6.07 Å². The first-order valence-corrected chi connectivity index (χ1v) is 4.65. The van der Waals surface area contributed by atoms with Crippen LogP contribution in [0.4, 0.5) is 0 Å². The second-order valence-corrected chi connectivity index (χ2v) is 3.14. The molecule has 2 aromatic heterocycles. The molecule has 0 unspecified atom stereocenters. The third kappa shape index (κ3) is 2.81. The Balaban J connectivity index is 1.80. The summed E-state index contributed by atoms with van der Waals surface area (Å²) in [7, 11) is 1.85. The van der Waals surface area contributed by atoms with Crippen molar-refractivity contribution in [3.63, 3.8) is 0 Å². The molecule has 6 nitrogen and oxygen atoms in total. The van der Waals surface area contributed by atoms with Gasteiger partial charge in [0.25, 0.3) is 0 Å². The zero-order valence-corrected chi connectivity index (χ0v) is 8.46. The lowest BCUT2D eigenvalue weighted by atomic mass is 10.4. The van der Waals surface area contributed by atoms with Gasteiger partial charge in [0.05, 0.1) is 12.2 Å². The Morgan fingerprint density at radius 2 is 2.27 bits per heavy atom. The van der Waals surface area contributed by atoms with Crippen molar-refractivity contribution in [2.75, 3.05) is 0 Å². The molecule has 0 saturated heterocycles. The Labute approximate surface area is 87.4 Å². The molecule has 0 spiro atoms. The third-order valence-electron chi connectivity index (χ3n) is 1.88.